The molecule has 0 bridgehead atoms. The Hall–Kier alpha value is -0.890. The van der Waals surface area contributed by atoms with Crippen molar-refractivity contribution in [3.05, 3.63) is 35.1 Å². The maximum absolute atomic E-state index is 13.4. The highest BCUT2D eigenvalue weighted by Crippen LogP contribution is 2.11. The minimum Gasteiger partial charge on any atom is -0.392 e. The van der Waals surface area contributed by atoms with E-state index in [0.29, 0.717) is 18.2 Å². The number of guanidine groups is 1. The largest absolute Gasteiger partial charge is 0.392 e. The summed E-state index contributed by atoms with van der Waals surface area (Å²) in [5.74, 6) is 1.09. The molecular formula is C18H31FIN3O. The van der Waals surface area contributed by atoms with E-state index in [1.54, 1.807) is 19.2 Å². The molecule has 0 aliphatic heterocycles. The second-order valence-electron chi connectivity index (χ2n) is 6.38. The molecule has 3 N–H and O–H groups in total. The normalized spacial score (nSPS) is 12.7. The summed E-state index contributed by atoms with van der Waals surface area (Å²) in [7, 11) is 1.74. The van der Waals surface area contributed by atoms with Crippen LogP contribution in [0.5, 0.6) is 0 Å². The number of nitrogens with one attached hydrogen (secondary N) is 2. The van der Waals surface area contributed by atoms with Crippen LogP contribution < -0.4 is 10.6 Å². The second-order valence-corrected chi connectivity index (χ2v) is 6.38. The predicted octanol–water partition coefficient (Wildman–Crippen LogP) is 3.82. The minimum atomic E-state index is -0.377. The number of aliphatic hydroxyl groups excluding tert-OH is 1. The van der Waals surface area contributed by atoms with Crippen LogP contribution in [0.1, 0.15) is 51.2 Å². The van der Waals surface area contributed by atoms with Crippen molar-refractivity contribution < 1.29 is 9.50 Å². The van der Waals surface area contributed by atoms with Gasteiger partial charge in [-0.15, -0.1) is 24.0 Å². The Morgan fingerprint density at radius 1 is 1.25 bits per heavy atom. The van der Waals surface area contributed by atoms with Gasteiger partial charge in [0.15, 0.2) is 5.96 Å². The molecule has 4 nitrogen and oxygen atoms in total. The standard InChI is InChI=1S/C18H30FN3O.HI/c1-13(2)6-5-7-14(3)22-18(20-4)21-11-15-8-9-17(19)16(10-15)12-23;/h8-10,13-14,23H,5-7,11-12H2,1-4H3,(H2,20,21,22);1H. The van der Waals surface area contributed by atoms with Crippen molar-refractivity contribution in [1.29, 1.82) is 0 Å². The number of hydrogen-bond acceptors (Lipinski definition) is 2. The van der Waals surface area contributed by atoms with Gasteiger partial charge in [0.2, 0.25) is 0 Å². The van der Waals surface area contributed by atoms with Crippen LogP contribution in [-0.2, 0) is 13.2 Å². The van der Waals surface area contributed by atoms with Crippen LogP contribution in [0.3, 0.4) is 0 Å². The van der Waals surface area contributed by atoms with Crippen LogP contribution in [0, 0.1) is 11.7 Å². The summed E-state index contributed by atoms with van der Waals surface area (Å²) in [6, 6.07) is 5.11. The van der Waals surface area contributed by atoms with E-state index in [1.807, 2.05) is 0 Å². The summed E-state index contributed by atoms with van der Waals surface area (Å²) < 4.78 is 13.4. The van der Waals surface area contributed by atoms with Gasteiger partial charge >= 0.3 is 0 Å². The third kappa shape index (κ3) is 8.82. The number of nitrogens with zero attached hydrogens (tertiary/aromatic N) is 1. The molecule has 0 spiro atoms. The van der Waals surface area contributed by atoms with Crippen LogP contribution in [0.4, 0.5) is 4.39 Å². The third-order valence-electron chi connectivity index (χ3n) is 3.77. The molecule has 6 heteroatoms. The van der Waals surface area contributed by atoms with Crippen LogP contribution in [0.15, 0.2) is 23.2 Å². The van der Waals surface area contributed by atoms with Gasteiger partial charge in [0, 0.05) is 25.2 Å². The first-order valence-corrected chi connectivity index (χ1v) is 8.31. The number of aliphatic imine (C=N–C) groups is 1. The zero-order valence-corrected chi connectivity index (χ0v) is 17.4. The average molecular weight is 451 g/mol. The van der Waals surface area contributed by atoms with Crippen molar-refractivity contribution in [2.24, 2.45) is 10.9 Å². The Morgan fingerprint density at radius 2 is 1.96 bits per heavy atom. The monoisotopic (exact) mass is 451 g/mol. The zero-order chi connectivity index (χ0) is 17.2. The second kappa shape index (κ2) is 12.5. The zero-order valence-electron chi connectivity index (χ0n) is 15.1. The van der Waals surface area contributed by atoms with Gasteiger partial charge in [0.05, 0.1) is 6.61 Å². The highest BCUT2D eigenvalue weighted by atomic mass is 127. The van der Waals surface area contributed by atoms with Gasteiger partial charge < -0.3 is 15.7 Å². The molecule has 0 saturated heterocycles. The maximum Gasteiger partial charge on any atom is 0.191 e. The van der Waals surface area contributed by atoms with Crippen molar-refractivity contribution >= 4 is 29.9 Å². The highest BCUT2D eigenvalue weighted by molar-refractivity contribution is 14.0. The van der Waals surface area contributed by atoms with E-state index in [9.17, 15) is 4.39 Å². The number of hydrogen-bond donors (Lipinski definition) is 3. The number of aliphatic hydroxyl groups is 1. The fourth-order valence-electron chi connectivity index (χ4n) is 2.38. The summed E-state index contributed by atoms with van der Waals surface area (Å²) in [4.78, 5) is 4.22. The molecule has 1 atom stereocenters. The Morgan fingerprint density at radius 3 is 2.54 bits per heavy atom. The SMILES string of the molecule is CN=C(NCc1ccc(F)c(CO)c1)NC(C)CCCC(C)C.I. The van der Waals surface area contributed by atoms with E-state index < -0.39 is 0 Å². The molecule has 138 valence electrons. The topological polar surface area (TPSA) is 56.7 Å². The van der Waals surface area contributed by atoms with E-state index in [-0.39, 0.29) is 36.4 Å². The van der Waals surface area contributed by atoms with E-state index in [0.717, 1.165) is 23.9 Å². The lowest BCUT2D eigenvalue weighted by Gasteiger charge is -2.18. The molecule has 0 radical (unpaired) electrons. The molecule has 1 aromatic carbocycles. The summed E-state index contributed by atoms with van der Waals surface area (Å²) in [6.45, 7) is 6.87. The van der Waals surface area contributed by atoms with Crippen molar-refractivity contribution in [2.75, 3.05) is 7.05 Å². The minimum absolute atomic E-state index is 0. The number of rotatable bonds is 8. The fourth-order valence-corrected chi connectivity index (χ4v) is 2.38. The number of halogens is 2. The highest BCUT2D eigenvalue weighted by Gasteiger charge is 2.07. The van der Waals surface area contributed by atoms with E-state index in [1.165, 1.54) is 18.9 Å². The average Bonchev–Trinajstić information content (AvgIpc) is 2.52. The van der Waals surface area contributed by atoms with Gasteiger partial charge in [0.1, 0.15) is 5.82 Å². The first kappa shape index (κ1) is 23.1. The van der Waals surface area contributed by atoms with Crippen LogP contribution in [0.25, 0.3) is 0 Å². The Balaban J connectivity index is 0.00000529. The molecule has 0 fully saturated rings. The molecule has 24 heavy (non-hydrogen) atoms. The van der Waals surface area contributed by atoms with Crippen molar-refractivity contribution in [1.82, 2.24) is 10.6 Å². The summed E-state index contributed by atoms with van der Waals surface area (Å²) in [6.07, 6.45) is 3.53. The molecule has 0 heterocycles. The molecule has 1 unspecified atom stereocenters. The smallest absolute Gasteiger partial charge is 0.191 e. The summed E-state index contributed by atoms with van der Waals surface area (Å²) in [5.41, 5.74) is 1.22. The van der Waals surface area contributed by atoms with Gasteiger partial charge in [-0.05, 0) is 37.0 Å². The van der Waals surface area contributed by atoms with Gasteiger partial charge in [0.25, 0.3) is 0 Å². The molecule has 0 aliphatic rings. The first-order chi connectivity index (χ1) is 11.0. The summed E-state index contributed by atoms with van der Waals surface area (Å²) >= 11 is 0. The quantitative estimate of drug-likeness (QED) is 0.320. The molecular weight excluding hydrogens is 420 g/mol. The summed E-state index contributed by atoms with van der Waals surface area (Å²) in [5, 5.41) is 15.7. The first-order valence-electron chi connectivity index (χ1n) is 8.31. The molecule has 0 amide bonds. The lowest BCUT2D eigenvalue weighted by atomic mass is 10.0. The lowest BCUT2D eigenvalue weighted by molar-refractivity contribution is 0.275. The molecule has 0 aromatic heterocycles. The van der Waals surface area contributed by atoms with E-state index in [4.69, 9.17) is 5.11 Å². The third-order valence-corrected chi connectivity index (χ3v) is 3.77. The van der Waals surface area contributed by atoms with Gasteiger partial charge in [-0.1, -0.05) is 32.8 Å². The van der Waals surface area contributed by atoms with Gasteiger partial charge in [-0.25, -0.2) is 4.39 Å². The molecule has 0 saturated carbocycles. The molecule has 0 aliphatic carbocycles. The van der Waals surface area contributed by atoms with Crippen molar-refractivity contribution in [2.45, 2.75) is 59.2 Å². The maximum atomic E-state index is 13.4. The lowest BCUT2D eigenvalue weighted by Crippen LogP contribution is -2.41. The van der Waals surface area contributed by atoms with Crippen LogP contribution in [-0.4, -0.2) is 24.2 Å². The van der Waals surface area contributed by atoms with Gasteiger partial charge in [-0.2, -0.15) is 0 Å². The van der Waals surface area contributed by atoms with E-state index >= 15 is 0 Å². The van der Waals surface area contributed by atoms with Crippen molar-refractivity contribution in [3.63, 3.8) is 0 Å². The molecule has 1 rings (SSSR count). The Bertz CT molecular complexity index is 509. The Labute approximate surface area is 162 Å². The van der Waals surface area contributed by atoms with Crippen LogP contribution >= 0.6 is 24.0 Å². The molecule has 1 aromatic rings. The fraction of sp³-hybridized carbons (Fsp3) is 0.611. The number of benzene rings is 1. The van der Waals surface area contributed by atoms with Gasteiger partial charge in [-0.3, -0.25) is 4.99 Å². The van der Waals surface area contributed by atoms with E-state index in [2.05, 4.69) is 36.4 Å². The van der Waals surface area contributed by atoms with Crippen molar-refractivity contribution in [3.8, 4) is 0 Å². The predicted molar refractivity (Wildman–Crippen MR) is 109 cm³/mol. The Kier molecular flexibility index (Phi) is 12.0. The van der Waals surface area contributed by atoms with Crippen LogP contribution in [0.2, 0.25) is 0 Å².